The second kappa shape index (κ2) is 7.26. The molecule has 2 fully saturated rings. The third-order valence-electron chi connectivity index (χ3n) is 5.55. The van der Waals surface area contributed by atoms with Gasteiger partial charge in [0.05, 0.1) is 0 Å². The minimum absolute atomic E-state index is 0.510. The van der Waals surface area contributed by atoms with Crippen LogP contribution in [-0.4, -0.2) is 36.6 Å². The Morgan fingerprint density at radius 3 is 1.95 bits per heavy atom. The van der Waals surface area contributed by atoms with Crippen molar-refractivity contribution in [3.63, 3.8) is 0 Å². The first-order valence-electron chi connectivity index (χ1n) is 8.97. The SMILES string of the molecule is CCCN1CCC(NC2CCC(C(C)(C)C)CC2)CC1. The average Bonchev–Trinajstić information content (AvgIpc) is 2.41. The summed E-state index contributed by atoms with van der Waals surface area (Å²) >= 11 is 0. The van der Waals surface area contributed by atoms with Gasteiger partial charge in [-0.15, -0.1) is 0 Å². The monoisotopic (exact) mass is 280 g/mol. The second-order valence-corrected chi connectivity index (χ2v) is 8.20. The first-order chi connectivity index (χ1) is 9.49. The maximum atomic E-state index is 3.97. The van der Waals surface area contributed by atoms with E-state index < -0.39 is 0 Å². The maximum absolute atomic E-state index is 3.97. The molecule has 0 radical (unpaired) electrons. The third kappa shape index (κ3) is 4.73. The zero-order valence-corrected chi connectivity index (χ0v) is 14.3. The molecule has 1 saturated carbocycles. The molecule has 0 atom stereocenters. The maximum Gasteiger partial charge on any atom is 0.00940 e. The fourth-order valence-corrected chi connectivity index (χ4v) is 4.10. The topological polar surface area (TPSA) is 15.3 Å². The molecular weight excluding hydrogens is 244 g/mol. The molecule has 0 unspecified atom stereocenters. The lowest BCUT2D eigenvalue weighted by Crippen LogP contribution is -2.47. The lowest BCUT2D eigenvalue weighted by molar-refractivity contribution is 0.141. The van der Waals surface area contributed by atoms with Crippen LogP contribution in [0.1, 0.15) is 72.6 Å². The van der Waals surface area contributed by atoms with E-state index in [2.05, 4.69) is 37.9 Å². The van der Waals surface area contributed by atoms with E-state index in [0.717, 1.165) is 18.0 Å². The van der Waals surface area contributed by atoms with Crippen LogP contribution >= 0.6 is 0 Å². The molecule has 0 amide bonds. The van der Waals surface area contributed by atoms with Crippen molar-refractivity contribution < 1.29 is 0 Å². The molecule has 1 N–H and O–H groups in total. The van der Waals surface area contributed by atoms with Gasteiger partial charge in [-0.3, -0.25) is 0 Å². The summed E-state index contributed by atoms with van der Waals surface area (Å²) in [4.78, 5) is 2.63. The predicted octanol–water partition coefficient (Wildman–Crippen LogP) is 4.06. The van der Waals surface area contributed by atoms with Crippen LogP contribution in [0.3, 0.4) is 0 Å². The Labute approximate surface area is 126 Å². The summed E-state index contributed by atoms with van der Waals surface area (Å²) in [7, 11) is 0. The summed E-state index contributed by atoms with van der Waals surface area (Å²) < 4.78 is 0. The molecule has 1 aliphatic heterocycles. The van der Waals surface area contributed by atoms with E-state index in [1.165, 1.54) is 64.6 Å². The predicted molar refractivity (Wildman–Crippen MR) is 88.1 cm³/mol. The van der Waals surface area contributed by atoms with Crippen molar-refractivity contribution in [1.29, 1.82) is 0 Å². The van der Waals surface area contributed by atoms with Gasteiger partial charge in [-0.05, 0) is 75.9 Å². The zero-order valence-electron chi connectivity index (χ0n) is 14.3. The standard InChI is InChI=1S/C18H36N2/c1-5-12-20-13-10-17(11-14-20)19-16-8-6-15(7-9-16)18(2,3)4/h15-17,19H,5-14H2,1-4H3. The fraction of sp³-hybridized carbons (Fsp3) is 1.00. The Bertz CT molecular complexity index is 266. The van der Waals surface area contributed by atoms with E-state index in [1.807, 2.05) is 0 Å². The number of nitrogens with zero attached hydrogens (tertiary/aromatic N) is 1. The minimum Gasteiger partial charge on any atom is -0.311 e. The van der Waals surface area contributed by atoms with Gasteiger partial charge >= 0.3 is 0 Å². The van der Waals surface area contributed by atoms with Crippen molar-refractivity contribution in [1.82, 2.24) is 10.2 Å². The molecule has 0 aromatic heterocycles. The Morgan fingerprint density at radius 1 is 0.900 bits per heavy atom. The third-order valence-corrected chi connectivity index (χ3v) is 5.55. The van der Waals surface area contributed by atoms with E-state index in [4.69, 9.17) is 0 Å². The lowest BCUT2D eigenvalue weighted by atomic mass is 9.71. The van der Waals surface area contributed by atoms with Gasteiger partial charge in [0.15, 0.2) is 0 Å². The molecule has 2 nitrogen and oxygen atoms in total. The van der Waals surface area contributed by atoms with E-state index >= 15 is 0 Å². The molecule has 2 aliphatic rings. The van der Waals surface area contributed by atoms with Gasteiger partial charge in [0.25, 0.3) is 0 Å². The molecule has 20 heavy (non-hydrogen) atoms. The first-order valence-corrected chi connectivity index (χ1v) is 8.97. The number of rotatable bonds is 4. The lowest BCUT2D eigenvalue weighted by Gasteiger charge is -2.40. The van der Waals surface area contributed by atoms with Crippen LogP contribution in [0.25, 0.3) is 0 Å². The minimum atomic E-state index is 0.510. The Kier molecular flexibility index (Phi) is 5.92. The Balaban J connectivity index is 1.66. The molecule has 0 bridgehead atoms. The molecule has 1 heterocycles. The van der Waals surface area contributed by atoms with E-state index in [9.17, 15) is 0 Å². The highest BCUT2D eigenvalue weighted by Crippen LogP contribution is 2.37. The van der Waals surface area contributed by atoms with Crippen molar-refractivity contribution in [2.75, 3.05) is 19.6 Å². The highest BCUT2D eigenvalue weighted by Gasteiger charge is 2.30. The normalized spacial score (nSPS) is 30.6. The largest absolute Gasteiger partial charge is 0.311 e. The van der Waals surface area contributed by atoms with Gasteiger partial charge < -0.3 is 10.2 Å². The summed E-state index contributed by atoms with van der Waals surface area (Å²) in [5, 5.41) is 3.97. The van der Waals surface area contributed by atoms with Gasteiger partial charge in [-0.25, -0.2) is 0 Å². The van der Waals surface area contributed by atoms with Gasteiger partial charge in [0, 0.05) is 12.1 Å². The van der Waals surface area contributed by atoms with Crippen molar-refractivity contribution in [3.8, 4) is 0 Å². The highest BCUT2D eigenvalue weighted by molar-refractivity contribution is 4.86. The Morgan fingerprint density at radius 2 is 1.45 bits per heavy atom. The van der Waals surface area contributed by atoms with Crippen LogP contribution < -0.4 is 5.32 Å². The molecule has 0 aromatic rings. The van der Waals surface area contributed by atoms with Crippen LogP contribution in [0.2, 0.25) is 0 Å². The van der Waals surface area contributed by atoms with Gasteiger partial charge in [-0.2, -0.15) is 0 Å². The number of piperidine rings is 1. The van der Waals surface area contributed by atoms with Crippen molar-refractivity contribution >= 4 is 0 Å². The number of nitrogens with one attached hydrogen (secondary N) is 1. The van der Waals surface area contributed by atoms with E-state index in [-0.39, 0.29) is 0 Å². The van der Waals surface area contributed by atoms with Crippen LogP contribution in [0, 0.1) is 11.3 Å². The summed E-state index contributed by atoms with van der Waals surface area (Å²) in [6.07, 6.45) is 9.67. The summed E-state index contributed by atoms with van der Waals surface area (Å²) in [5.74, 6) is 0.937. The molecule has 2 rings (SSSR count). The summed E-state index contributed by atoms with van der Waals surface area (Å²) in [5.41, 5.74) is 0.510. The van der Waals surface area contributed by atoms with E-state index in [1.54, 1.807) is 0 Å². The van der Waals surface area contributed by atoms with Gasteiger partial charge in [0.2, 0.25) is 0 Å². The second-order valence-electron chi connectivity index (χ2n) is 8.20. The molecule has 1 saturated heterocycles. The quantitative estimate of drug-likeness (QED) is 0.835. The molecule has 0 spiro atoms. The summed E-state index contributed by atoms with van der Waals surface area (Å²) in [6.45, 7) is 13.4. The first kappa shape index (κ1) is 16.3. The van der Waals surface area contributed by atoms with Crippen LogP contribution in [0.15, 0.2) is 0 Å². The van der Waals surface area contributed by atoms with Crippen LogP contribution in [-0.2, 0) is 0 Å². The smallest absolute Gasteiger partial charge is 0.00940 e. The number of hydrogen-bond acceptors (Lipinski definition) is 2. The molecule has 0 aromatic carbocycles. The van der Waals surface area contributed by atoms with E-state index in [0.29, 0.717) is 5.41 Å². The fourth-order valence-electron chi connectivity index (χ4n) is 4.10. The Hall–Kier alpha value is -0.0800. The zero-order chi connectivity index (χ0) is 14.6. The van der Waals surface area contributed by atoms with Crippen molar-refractivity contribution in [2.24, 2.45) is 11.3 Å². The molecule has 118 valence electrons. The number of hydrogen-bond donors (Lipinski definition) is 1. The van der Waals surface area contributed by atoms with Gasteiger partial charge in [0.1, 0.15) is 0 Å². The molecular formula is C18H36N2. The molecule has 2 heteroatoms. The van der Waals surface area contributed by atoms with Crippen LogP contribution in [0.4, 0.5) is 0 Å². The number of likely N-dealkylation sites (tertiary alicyclic amines) is 1. The molecule has 1 aliphatic carbocycles. The average molecular weight is 280 g/mol. The van der Waals surface area contributed by atoms with Crippen molar-refractivity contribution in [2.45, 2.75) is 84.7 Å². The highest BCUT2D eigenvalue weighted by atomic mass is 15.1. The van der Waals surface area contributed by atoms with Gasteiger partial charge in [-0.1, -0.05) is 27.7 Å². The van der Waals surface area contributed by atoms with Crippen molar-refractivity contribution in [3.05, 3.63) is 0 Å². The summed E-state index contributed by atoms with van der Waals surface area (Å²) in [6, 6.07) is 1.59. The van der Waals surface area contributed by atoms with Crippen LogP contribution in [0.5, 0.6) is 0 Å².